The average molecular weight is 395 g/mol. The number of primary amides is 1. The first-order chi connectivity index (χ1) is 13.9. The van der Waals surface area contributed by atoms with Gasteiger partial charge in [0.15, 0.2) is 11.6 Å². The zero-order valence-corrected chi connectivity index (χ0v) is 16.1. The van der Waals surface area contributed by atoms with E-state index in [-0.39, 0.29) is 17.8 Å². The molecule has 2 heterocycles. The number of imidazole rings is 1. The largest absolute Gasteiger partial charge is 0.505 e. The van der Waals surface area contributed by atoms with Crippen molar-refractivity contribution in [1.82, 2.24) is 9.38 Å². The van der Waals surface area contributed by atoms with Crippen molar-refractivity contribution in [2.75, 3.05) is 0 Å². The Labute approximate surface area is 167 Å². The average Bonchev–Trinajstić information content (AvgIpc) is 3.14. The Morgan fingerprint density at radius 2 is 2.17 bits per heavy atom. The number of aryl methyl sites for hydroxylation is 1. The predicted octanol–water partition coefficient (Wildman–Crippen LogP) is 3.61. The van der Waals surface area contributed by atoms with Crippen molar-refractivity contribution in [2.24, 2.45) is 11.7 Å². The van der Waals surface area contributed by atoms with Gasteiger partial charge in [-0.3, -0.25) is 4.79 Å². The molecule has 1 aliphatic rings. The fourth-order valence-electron chi connectivity index (χ4n) is 3.74. The van der Waals surface area contributed by atoms with Crippen LogP contribution in [0.2, 0.25) is 0 Å². The number of aromatic nitrogens is 2. The highest BCUT2D eigenvalue weighted by Gasteiger charge is 2.34. The molecule has 0 spiro atoms. The Balaban J connectivity index is 1.67. The standard InChI is InChI=1S/C22H22FN3O3/c1-3-13-6-20(27)18(23)8-17(13)15-7-21(19-9-25-11-26(19)10-15)29-16-4-14(5-16)12(2)22(24)28/h6-11,14,16,27H,2-5H2,1H3,(H2,24,28). The quantitative estimate of drug-likeness (QED) is 0.624. The number of nitrogens with two attached hydrogens (primary N) is 1. The Morgan fingerprint density at radius 1 is 1.41 bits per heavy atom. The summed E-state index contributed by atoms with van der Waals surface area (Å²) in [6.45, 7) is 5.70. The second-order valence-electron chi connectivity index (χ2n) is 7.39. The zero-order chi connectivity index (χ0) is 20.7. The van der Waals surface area contributed by atoms with E-state index in [1.54, 1.807) is 12.5 Å². The SMILES string of the molecule is C=C(C(N)=O)C1CC(Oc2cc(-c3cc(F)c(O)cc3CC)cn3cncc23)C1. The molecule has 0 aliphatic heterocycles. The van der Waals surface area contributed by atoms with Gasteiger partial charge in [0.2, 0.25) is 5.91 Å². The highest BCUT2D eigenvalue weighted by molar-refractivity contribution is 5.92. The highest BCUT2D eigenvalue weighted by Crippen LogP contribution is 2.38. The Kier molecular flexibility index (Phi) is 4.74. The van der Waals surface area contributed by atoms with E-state index in [0.717, 1.165) is 16.6 Å². The van der Waals surface area contributed by atoms with Gasteiger partial charge in [-0.2, -0.15) is 0 Å². The third kappa shape index (κ3) is 3.44. The third-order valence-electron chi connectivity index (χ3n) is 5.55. The highest BCUT2D eigenvalue weighted by atomic mass is 19.1. The molecule has 0 unspecified atom stereocenters. The van der Waals surface area contributed by atoms with Crippen LogP contribution in [0.4, 0.5) is 4.39 Å². The van der Waals surface area contributed by atoms with Crippen LogP contribution in [0.25, 0.3) is 16.6 Å². The van der Waals surface area contributed by atoms with Crippen LogP contribution in [-0.2, 0) is 11.2 Å². The van der Waals surface area contributed by atoms with Gasteiger partial charge < -0.3 is 20.0 Å². The monoisotopic (exact) mass is 395 g/mol. The molecule has 0 bridgehead atoms. The first-order valence-corrected chi connectivity index (χ1v) is 9.50. The summed E-state index contributed by atoms with van der Waals surface area (Å²) in [5.74, 6) is -0.837. The van der Waals surface area contributed by atoms with Crippen LogP contribution in [0.5, 0.6) is 11.5 Å². The van der Waals surface area contributed by atoms with E-state index in [2.05, 4.69) is 11.6 Å². The Morgan fingerprint density at radius 3 is 2.86 bits per heavy atom. The number of carbonyl (C=O) groups excluding carboxylic acids is 1. The second kappa shape index (κ2) is 7.24. The molecule has 3 aromatic rings. The predicted molar refractivity (Wildman–Crippen MR) is 107 cm³/mol. The molecule has 7 heteroatoms. The number of halogens is 1. The topological polar surface area (TPSA) is 89.9 Å². The van der Waals surface area contributed by atoms with Gasteiger partial charge in [0.1, 0.15) is 17.4 Å². The molecule has 150 valence electrons. The normalized spacial score (nSPS) is 18.4. The van der Waals surface area contributed by atoms with Gasteiger partial charge >= 0.3 is 0 Å². The van der Waals surface area contributed by atoms with Crippen LogP contribution in [0.15, 0.2) is 49.1 Å². The first-order valence-electron chi connectivity index (χ1n) is 9.50. The van der Waals surface area contributed by atoms with E-state index in [0.29, 0.717) is 36.1 Å². The van der Waals surface area contributed by atoms with E-state index < -0.39 is 11.7 Å². The summed E-state index contributed by atoms with van der Waals surface area (Å²) < 4.78 is 22.0. The lowest BCUT2D eigenvalue weighted by Crippen LogP contribution is -2.37. The smallest absolute Gasteiger partial charge is 0.244 e. The lowest BCUT2D eigenvalue weighted by molar-refractivity contribution is -0.115. The molecule has 2 aromatic heterocycles. The summed E-state index contributed by atoms with van der Waals surface area (Å²) in [5.41, 5.74) is 8.81. The molecular weight excluding hydrogens is 373 g/mol. The van der Waals surface area contributed by atoms with Crippen molar-refractivity contribution in [3.63, 3.8) is 0 Å². The van der Waals surface area contributed by atoms with Crippen LogP contribution in [0.3, 0.4) is 0 Å². The molecule has 1 amide bonds. The third-order valence-corrected chi connectivity index (χ3v) is 5.55. The number of amides is 1. The number of benzene rings is 1. The first kappa shape index (κ1) is 19.0. The fraction of sp³-hybridized carbons (Fsp3) is 0.273. The molecule has 1 fully saturated rings. The number of hydrogen-bond acceptors (Lipinski definition) is 4. The van der Waals surface area contributed by atoms with Crippen LogP contribution in [0.1, 0.15) is 25.3 Å². The molecule has 0 atom stereocenters. The molecule has 6 nitrogen and oxygen atoms in total. The van der Waals surface area contributed by atoms with Crippen molar-refractivity contribution in [3.8, 4) is 22.6 Å². The van der Waals surface area contributed by atoms with Crippen LogP contribution < -0.4 is 10.5 Å². The molecular formula is C22H22FN3O3. The van der Waals surface area contributed by atoms with E-state index in [1.807, 2.05) is 23.6 Å². The lowest BCUT2D eigenvalue weighted by Gasteiger charge is -2.35. The summed E-state index contributed by atoms with van der Waals surface area (Å²) in [6.07, 6.45) is 7.13. The number of fused-ring (bicyclic) bond motifs is 1. The van der Waals surface area contributed by atoms with Gasteiger partial charge in [0.25, 0.3) is 0 Å². The van der Waals surface area contributed by atoms with Crippen molar-refractivity contribution < 1.29 is 19.0 Å². The van der Waals surface area contributed by atoms with E-state index in [1.165, 1.54) is 12.1 Å². The Hall–Kier alpha value is -3.35. The summed E-state index contributed by atoms with van der Waals surface area (Å²) >= 11 is 0. The zero-order valence-electron chi connectivity index (χ0n) is 16.1. The van der Waals surface area contributed by atoms with Crippen LogP contribution >= 0.6 is 0 Å². The van der Waals surface area contributed by atoms with Crippen molar-refractivity contribution in [1.29, 1.82) is 0 Å². The van der Waals surface area contributed by atoms with Crippen molar-refractivity contribution >= 4 is 11.4 Å². The maximum Gasteiger partial charge on any atom is 0.244 e. The molecule has 3 N–H and O–H groups in total. The number of aromatic hydroxyl groups is 1. The molecule has 0 radical (unpaired) electrons. The van der Waals surface area contributed by atoms with Gasteiger partial charge in [0.05, 0.1) is 12.5 Å². The summed E-state index contributed by atoms with van der Waals surface area (Å²) in [7, 11) is 0. The maximum absolute atomic E-state index is 14.0. The molecule has 1 saturated carbocycles. The number of pyridine rings is 1. The van der Waals surface area contributed by atoms with Crippen LogP contribution in [0, 0.1) is 11.7 Å². The van der Waals surface area contributed by atoms with E-state index >= 15 is 0 Å². The minimum absolute atomic E-state index is 0.0412. The summed E-state index contributed by atoms with van der Waals surface area (Å²) in [4.78, 5) is 15.5. The number of phenolic OH excluding ortho intramolecular Hbond substituents is 1. The second-order valence-corrected chi connectivity index (χ2v) is 7.39. The van der Waals surface area contributed by atoms with Gasteiger partial charge in [-0.15, -0.1) is 0 Å². The van der Waals surface area contributed by atoms with Gasteiger partial charge in [0, 0.05) is 17.3 Å². The number of nitrogens with zero attached hydrogens (tertiary/aromatic N) is 2. The minimum Gasteiger partial charge on any atom is -0.505 e. The number of ether oxygens (including phenoxy) is 1. The number of phenols is 1. The summed E-state index contributed by atoms with van der Waals surface area (Å²) in [6, 6.07) is 4.65. The summed E-state index contributed by atoms with van der Waals surface area (Å²) in [5, 5.41) is 9.71. The van der Waals surface area contributed by atoms with Gasteiger partial charge in [-0.25, -0.2) is 9.37 Å². The molecule has 0 saturated heterocycles. The number of carbonyl (C=O) groups is 1. The molecule has 29 heavy (non-hydrogen) atoms. The fourth-order valence-corrected chi connectivity index (χ4v) is 3.74. The maximum atomic E-state index is 14.0. The van der Waals surface area contributed by atoms with Gasteiger partial charge in [-0.05, 0) is 54.5 Å². The van der Waals surface area contributed by atoms with E-state index in [4.69, 9.17) is 10.5 Å². The minimum atomic E-state index is -0.669. The molecule has 4 rings (SSSR count). The molecule has 1 aromatic carbocycles. The van der Waals surface area contributed by atoms with Crippen molar-refractivity contribution in [3.05, 3.63) is 60.5 Å². The molecule has 1 aliphatic carbocycles. The van der Waals surface area contributed by atoms with Crippen LogP contribution in [-0.4, -0.2) is 26.5 Å². The number of rotatable bonds is 6. The Bertz CT molecular complexity index is 1120. The van der Waals surface area contributed by atoms with Crippen molar-refractivity contribution in [2.45, 2.75) is 32.3 Å². The number of hydrogen-bond donors (Lipinski definition) is 2. The lowest BCUT2D eigenvalue weighted by atomic mass is 9.77. The van der Waals surface area contributed by atoms with E-state index in [9.17, 15) is 14.3 Å². The van der Waals surface area contributed by atoms with Gasteiger partial charge in [-0.1, -0.05) is 13.5 Å².